The maximum Gasteiger partial charge on any atom is 0.170 e. The van der Waals surface area contributed by atoms with Crippen LogP contribution in [0.25, 0.3) is 0 Å². The van der Waals surface area contributed by atoms with Crippen molar-refractivity contribution in [3.8, 4) is 0 Å². The minimum Gasteiger partial charge on any atom is -0.396 e. The van der Waals surface area contributed by atoms with E-state index in [1.807, 2.05) is 24.3 Å². The molecule has 2 aromatic heterocycles. The van der Waals surface area contributed by atoms with Crippen LogP contribution in [0.3, 0.4) is 0 Å². The smallest absolute Gasteiger partial charge is 0.170 e. The van der Waals surface area contributed by atoms with Gasteiger partial charge in [0.2, 0.25) is 0 Å². The lowest BCUT2D eigenvalue weighted by Gasteiger charge is -2.28. The Morgan fingerprint density at radius 2 is 2.16 bits per heavy atom. The van der Waals surface area contributed by atoms with E-state index in [4.69, 9.17) is 17.0 Å². The van der Waals surface area contributed by atoms with Gasteiger partial charge in [0.25, 0.3) is 0 Å². The summed E-state index contributed by atoms with van der Waals surface area (Å²) in [4.78, 5) is 6.69. The summed E-state index contributed by atoms with van der Waals surface area (Å²) in [6.07, 6.45) is 4.54. The number of hydrogen-bond acceptors (Lipinski definition) is 4. The van der Waals surface area contributed by atoms with Crippen LogP contribution in [0.4, 0.5) is 0 Å². The summed E-state index contributed by atoms with van der Waals surface area (Å²) in [5, 5.41) is 13.4. The summed E-state index contributed by atoms with van der Waals surface area (Å²) in [5.74, 6) is 0. The van der Waals surface area contributed by atoms with E-state index in [0.717, 1.165) is 17.9 Å². The van der Waals surface area contributed by atoms with Gasteiger partial charge in [-0.2, -0.15) is 0 Å². The zero-order chi connectivity index (χ0) is 17.6. The summed E-state index contributed by atoms with van der Waals surface area (Å²) in [6.45, 7) is 2.28. The van der Waals surface area contributed by atoms with Gasteiger partial charge in [-0.3, -0.25) is 4.98 Å². The molecule has 0 saturated carbocycles. The Labute approximate surface area is 153 Å². The van der Waals surface area contributed by atoms with Crippen LogP contribution in [0, 0.1) is 0 Å². The third-order valence-electron chi connectivity index (χ3n) is 4.46. The van der Waals surface area contributed by atoms with Crippen molar-refractivity contribution in [3.05, 3.63) is 54.1 Å². The molecule has 1 aliphatic heterocycles. The highest BCUT2D eigenvalue weighted by Gasteiger charge is 2.40. The van der Waals surface area contributed by atoms with Crippen LogP contribution in [0.5, 0.6) is 0 Å². The number of hydrogen-bond donors (Lipinski definition) is 2. The molecule has 0 aliphatic carbocycles. The summed E-state index contributed by atoms with van der Waals surface area (Å²) in [6, 6.07) is 10.1. The summed E-state index contributed by atoms with van der Waals surface area (Å²) >= 11 is 5.58. The molecule has 0 bridgehead atoms. The summed E-state index contributed by atoms with van der Waals surface area (Å²) in [5.41, 5.74) is 2.12. The maximum atomic E-state index is 9.26. The second kappa shape index (κ2) is 8.42. The first-order valence-corrected chi connectivity index (χ1v) is 8.90. The van der Waals surface area contributed by atoms with E-state index in [0.29, 0.717) is 24.7 Å². The quantitative estimate of drug-likeness (QED) is 0.701. The molecular formula is C18H24N4O2S. The maximum absolute atomic E-state index is 9.26. The molecule has 1 saturated heterocycles. The molecule has 3 rings (SSSR count). The van der Waals surface area contributed by atoms with Gasteiger partial charge in [0.1, 0.15) is 0 Å². The molecule has 0 unspecified atom stereocenters. The highest BCUT2D eigenvalue weighted by atomic mass is 32.1. The molecule has 7 heteroatoms. The fraction of sp³-hybridized carbons (Fsp3) is 0.444. The van der Waals surface area contributed by atoms with Crippen LogP contribution in [0.2, 0.25) is 0 Å². The lowest BCUT2D eigenvalue weighted by atomic mass is 10.0. The molecule has 134 valence electrons. The van der Waals surface area contributed by atoms with Gasteiger partial charge in [-0.05, 0) is 42.9 Å². The predicted molar refractivity (Wildman–Crippen MR) is 100 cm³/mol. The Kier molecular flexibility index (Phi) is 6.01. The minimum absolute atomic E-state index is 0.0245. The number of aliphatic hydroxyl groups excluding tert-OH is 1. The van der Waals surface area contributed by atoms with E-state index >= 15 is 0 Å². The number of methoxy groups -OCH3 is 1. The van der Waals surface area contributed by atoms with Crippen LogP contribution in [-0.2, 0) is 11.3 Å². The zero-order valence-corrected chi connectivity index (χ0v) is 15.2. The van der Waals surface area contributed by atoms with Crippen LogP contribution in [0.15, 0.2) is 42.7 Å². The van der Waals surface area contributed by atoms with E-state index in [1.165, 1.54) is 0 Å². The molecule has 2 N–H and O–H groups in total. The number of nitrogens with one attached hydrogen (secondary N) is 1. The topological polar surface area (TPSA) is 62.5 Å². The number of aromatic nitrogens is 2. The fourth-order valence-electron chi connectivity index (χ4n) is 3.30. The Balaban J connectivity index is 1.96. The van der Waals surface area contributed by atoms with Crippen molar-refractivity contribution in [2.45, 2.75) is 25.0 Å². The van der Waals surface area contributed by atoms with E-state index in [2.05, 4.69) is 32.0 Å². The summed E-state index contributed by atoms with van der Waals surface area (Å²) in [7, 11) is 1.71. The molecule has 2 aromatic rings. The van der Waals surface area contributed by atoms with Crippen molar-refractivity contribution < 1.29 is 9.84 Å². The van der Waals surface area contributed by atoms with Crippen molar-refractivity contribution in [2.75, 3.05) is 26.9 Å². The Bertz CT molecular complexity index is 691. The number of nitrogens with zero attached hydrogens (tertiary/aromatic N) is 3. The molecule has 1 aliphatic rings. The van der Waals surface area contributed by atoms with E-state index in [9.17, 15) is 5.11 Å². The van der Waals surface area contributed by atoms with Crippen molar-refractivity contribution in [1.29, 1.82) is 0 Å². The molecule has 0 radical (unpaired) electrons. The predicted octanol–water partition coefficient (Wildman–Crippen LogP) is 1.88. The SMILES string of the molecule is COCCn1cccc1[C@H]1[C@H](c2ccccn2)NC(=S)N1CCCO. The van der Waals surface area contributed by atoms with Crippen LogP contribution in [-0.4, -0.2) is 51.5 Å². The third kappa shape index (κ3) is 3.84. The van der Waals surface area contributed by atoms with Gasteiger partial charge in [-0.25, -0.2) is 0 Å². The Morgan fingerprint density at radius 3 is 2.88 bits per heavy atom. The number of ether oxygens (including phenoxy) is 1. The van der Waals surface area contributed by atoms with Crippen molar-refractivity contribution >= 4 is 17.3 Å². The third-order valence-corrected chi connectivity index (χ3v) is 4.81. The van der Waals surface area contributed by atoms with Crippen molar-refractivity contribution in [1.82, 2.24) is 19.8 Å². The molecule has 0 amide bonds. The van der Waals surface area contributed by atoms with Gasteiger partial charge in [0.05, 0.1) is 24.4 Å². The molecular weight excluding hydrogens is 336 g/mol. The molecule has 6 nitrogen and oxygen atoms in total. The van der Waals surface area contributed by atoms with Gasteiger partial charge in [0.15, 0.2) is 5.11 Å². The number of thiocarbonyl (C=S) groups is 1. The standard InChI is InChI=1S/C18H24N4O2S/c1-24-13-11-21-9-4-7-15(21)17-16(14-6-2-3-8-19-14)20-18(25)22(17)10-5-12-23/h2-4,6-9,16-17,23H,5,10-13H2,1H3,(H,20,25)/t16-,17-/m0/s1. The normalized spacial score (nSPS) is 20.1. The summed E-state index contributed by atoms with van der Waals surface area (Å²) < 4.78 is 7.44. The molecule has 2 atom stereocenters. The van der Waals surface area contributed by atoms with Gasteiger partial charge in [-0.1, -0.05) is 6.07 Å². The largest absolute Gasteiger partial charge is 0.396 e. The van der Waals surface area contributed by atoms with E-state index in [-0.39, 0.29) is 18.7 Å². The van der Waals surface area contributed by atoms with Gasteiger partial charge in [0, 0.05) is 44.9 Å². The van der Waals surface area contributed by atoms with Crippen molar-refractivity contribution in [3.63, 3.8) is 0 Å². The van der Waals surface area contributed by atoms with Crippen LogP contribution < -0.4 is 5.32 Å². The first-order valence-electron chi connectivity index (χ1n) is 8.49. The molecule has 1 fully saturated rings. The number of aliphatic hydroxyl groups is 1. The van der Waals surface area contributed by atoms with Gasteiger partial charge < -0.3 is 24.6 Å². The Hall–Kier alpha value is -1.96. The molecule has 0 spiro atoms. The highest BCUT2D eigenvalue weighted by Crippen LogP contribution is 2.38. The lowest BCUT2D eigenvalue weighted by Crippen LogP contribution is -2.32. The average Bonchev–Trinajstić information content (AvgIpc) is 3.22. The molecule has 0 aromatic carbocycles. The lowest BCUT2D eigenvalue weighted by molar-refractivity contribution is 0.183. The molecule has 3 heterocycles. The second-order valence-corrected chi connectivity index (χ2v) is 6.40. The zero-order valence-electron chi connectivity index (χ0n) is 14.3. The first kappa shape index (κ1) is 17.8. The highest BCUT2D eigenvalue weighted by molar-refractivity contribution is 7.80. The monoisotopic (exact) mass is 360 g/mol. The van der Waals surface area contributed by atoms with Crippen molar-refractivity contribution in [2.24, 2.45) is 0 Å². The fourth-order valence-corrected chi connectivity index (χ4v) is 3.63. The van der Waals surface area contributed by atoms with E-state index in [1.54, 1.807) is 13.3 Å². The first-order chi connectivity index (χ1) is 12.3. The minimum atomic E-state index is -0.0245. The number of pyridine rings is 1. The second-order valence-electron chi connectivity index (χ2n) is 6.02. The van der Waals surface area contributed by atoms with Gasteiger partial charge >= 0.3 is 0 Å². The van der Waals surface area contributed by atoms with Crippen LogP contribution in [0.1, 0.15) is 29.9 Å². The number of rotatable bonds is 8. The average molecular weight is 360 g/mol. The van der Waals surface area contributed by atoms with Gasteiger partial charge in [-0.15, -0.1) is 0 Å². The van der Waals surface area contributed by atoms with Crippen LogP contribution >= 0.6 is 12.2 Å². The molecule has 25 heavy (non-hydrogen) atoms. The van der Waals surface area contributed by atoms with E-state index < -0.39 is 0 Å². The Morgan fingerprint density at radius 1 is 1.28 bits per heavy atom.